The summed E-state index contributed by atoms with van der Waals surface area (Å²) >= 11 is 0. The van der Waals surface area contributed by atoms with Gasteiger partial charge in [-0.25, -0.2) is 0 Å². The average molecular weight is 883 g/mol. The van der Waals surface area contributed by atoms with Gasteiger partial charge in [0.15, 0.2) is 0 Å². The molecule has 0 N–H and O–H groups in total. The molecule has 1 unspecified atom stereocenters. The van der Waals surface area contributed by atoms with Crippen molar-refractivity contribution in [2.75, 3.05) is 0 Å². The molecule has 0 radical (unpaired) electrons. The van der Waals surface area contributed by atoms with E-state index in [1.54, 1.807) is 0 Å². The molecule has 0 saturated heterocycles. The second kappa shape index (κ2) is 27.2. The number of aryl methyl sites for hydroxylation is 7. The van der Waals surface area contributed by atoms with Gasteiger partial charge in [-0.15, -0.1) is 0 Å². The van der Waals surface area contributed by atoms with E-state index in [-0.39, 0.29) is 0 Å². The van der Waals surface area contributed by atoms with E-state index < -0.39 is 0 Å². The Labute approximate surface area is 407 Å². The summed E-state index contributed by atoms with van der Waals surface area (Å²) in [5, 5.41) is 0. The number of benzene rings is 7. The highest BCUT2D eigenvalue weighted by Gasteiger charge is 2.22. The Bertz CT molecular complexity index is 2750. The van der Waals surface area contributed by atoms with Crippen LogP contribution in [0.25, 0.3) is 44.5 Å². The first kappa shape index (κ1) is 53.1. The van der Waals surface area contributed by atoms with Gasteiger partial charge in [0.1, 0.15) is 0 Å². The summed E-state index contributed by atoms with van der Waals surface area (Å²) in [4.78, 5) is 0. The molecule has 0 amide bonds. The summed E-state index contributed by atoms with van der Waals surface area (Å²) in [6.07, 6.45) is 13.4. The lowest BCUT2D eigenvalue weighted by Gasteiger charge is -2.26. The van der Waals surface area contributed by atoms with Crippen LogP contribution in [0, 0.1) is 48.5 Å². The standard InChI is InChI=1S/C41H42.C15H16.C7H8.2C2H6/c1-7-9-13-32(8-2)34-20-16-28(3)38(24-34)40-26-36(22-18-30(40)5)37-23-19-31(6)41(27-37)39-25-35(21-17-29(39)4)33-14-11-10-12-15-33;1-11-8-9-13(3)15(10-11)14-7-5-4-6-12(14)2;1-7-5-3-2-4-6-7;2*1-2/h8-26,41H,7,27H2,1-6H3;4-10H,1-3H3;2-6H,1H3;2*1-2H3/b13-9-,32-8+;;;;. The van der Waals surface area contributed by atoms with E-state index in [4.69, 9.17) is 0 Å². The zero-order valence-corrected chi connectivity index (χ0v) is 43.4. The lowest BCUT2D eigenvalue weighted by Crippen LogP contribution is -2.08. The number of hydrogen-bond donors (Lipinski definition) is 0. The molecule has 0 nitrogen and oxygen atoms in total. The highest BCUT2D eigenvalue weighted by atomic mass is 14.3. The highest BCUT2D eigenvalue weighted by Crippen LogP contribution is 2.42. The van der Waals surface area contributed by atoms with E-state index in [2.05, 4.69) is 239 Å². The molecular formula is C67H78. The molecule has 1 atom stereocenters. The van der Waals surface area contributed by atoms with Crippen LogP contribution in [0.3, 0.4) is 0 Å². The van der Waals surface area contributed by atoms with Crippen LogP contribution in [0.5, 0.6) is 0 Å². The predicted octanol–water partition coefficient (Wildman–Crippen LogP) is 20.2. The van der Waals surface area contributed by atoms with Crippen LogP contribution >= 0.6 is 0 Å². The average Bonchev–Trinajstić information content (AvgIpc) is 3.36. The first-order valence-electron chi connectivity index (χ1n) is 24.7. The van der Waals surface area contributed by atoms with Gasteiger partial charge in [-0.1, -0.05) is 227 Å². The van der Waals surface area contributed by atoms with Crippen molar-refractivity contribution in [1.29, 1.82) is 0 Å². The molecule has 8 rings (SSSR count). The zero-order chi connectivity index (χ0) is 48.9. The maximum Gasteiger partial charge on any atom is 0.00919 e. The van der Waals surface area contributed by atoms with Crippen molar-refractivity contribution >= 4 is 11.1 Å². The summed E-state index contributed by atoms with van der Waals surface area (Å²) in [6, 6.07) is 57.0. The fourth-order valence-electron chi connectivity index (χ4n) is 8.44. The smallest absolute Gasteiger partial charge is 0.00919 e. The van der Waals surface area contributed by atoms with Gasteiger partial charge in [-0.2, -0.15) is 0 Å². The van der Waals surface area contributed by atoms with Crippen molar-refractivity contribution in [2.45, 2.75) is 116 Å². The van der Waals surface area contributed by atoms with Crippen LogP contribution in [0.1, 0.15) is 123 Å². The second-order valence-electron chi connectivity index (χ2n) is 17.2. The first-order valence-corrected chi connectivity index (χ1v) is 24.7. The van der Waals surface area contributed by atoms with E-state index >= 15 is 0 Å². The van der Waals surface area contributed by atoms with Crippen LogP contribution in [0.15, 0.2) is 194 Å². The molecule has 67 heavy (non-hydrogen) atoms. The Balaban J connectivity index is 0.000000306. The summed E-state index contributed by atoms with van der Waals surface area (Å²) in [7, 11) is 0. The van der Waals surface area contributed by atoms with Crippen molar-refractivity contribution in [3.05, 3.63) is 249 Å². The van der Waals surface area contributed by atoms with Gasteiger partial charge in [-0.3, -0.25) is 0 Å². The Kier molecular flexibility index (Phi) is 21.6. The zero-order valence-electron chi connectivity index (χ0n) is 43.4. The second-order valence-corrected chi connectivity index (χ2v) is 17.2. The minimum Gasteiger partial charge on any atom is -0.0842 e. The third-order valence-electron chi connectivity index (χ3n) is 12.4. The van der Waals surface area contributed by atoms with Crippen LogP contribution in [0.4, 0.5) is 0 Å². The molecule has 0 aliphatic heterocycles. The van der Waals surface area contributed by atoms with E-state index in [0.717, 1.165) is 12.8 Å². The molecule has 7 aromatic rings. The molecule has 7 aromatic carbocycles. The topological polar surface area (TPSA) is 0 Å². The van der Waals surface area contributed by atoms with E-state index in [9.17, 15) is 0 Å². The van der Waals surface area contributed by atoms with Crippen molar-refractivity contribution in [3.8, 4) is 33.4 Å². The highest BCUT2D eigenvalue weighted by molar-refractivity contribution is 5.82. The molecule has 0 fully saturated rings. The number of allylic oxidation sites excluding steroid dienone is 8. The quantitative estimate of drug-likeness (QED) is 0.133. The molecule has 0 spiro atoms. The minimum atomic E-state index is 0.371. The van der Waals surface area contributed by atoms with Crippen molar-refractivity contribution < 1.29 is 0 Å². The van der Waals surface area contributed by atoms with Gasteiger partial charge in [-0.05, 0) is 176 Å². The van der Waals surface area contributed by atoms with Gasteiger partial charge in [0.25, 0.3) is 0 Å². The minimum absolute atomic E-state index is 0.371. The van der Waals surface area contributed by atoms with Gasteiger partial charge in [0.05, 0.1) is 0 Å². The van der Waals surface area contributed by atoms with Crippen molar-refractivity contribution in [3.63, 3.8) is 0 Å². The summed E-state index contributed by atoms with van der Waals surface area (Å²) in [5.41, 5.74) is 25.3. The maximum atomic E-state index is 2.42. The summed E-state index contributed by atoms with van der Waals surface area (Å²) in [6.45, 7) is 29.9. The predicted molar refractivity (Wildman–Crippen MR) is 300 cm³/mol. The third kappa shape index (κ3) is 14.7. The summed E-state index contributed by atoms with van der Waals surface area (Å²) < 4.78 is 0. The fraction of sp³-hybridized carbons (Fsp3) is 0.254. The molecule has 0 aromatic heterocycles. The Morgan fingerprint density at radius 2 is 1.00 bits per heavy atom. The van der Waals surface area contributed by atoms with Gasteiger partial charge in [0.2, 0.25) is 0 Å². The van der Waals surface area contributed by atoms with Gasteiger partial charge < -0.3 is 0 Å². The first-order chi connectivity index (χ1) is 32.5. The molecule has 1 aliphatic rings. The lowest BCUT2D eigenvalue weighted by atomic mass is 9.78. The molecule has 0 heterocycles. The fourth-order valence-corrected chi connectivity index (χ4v) is 8.44. The Morgan fingerprint density at radius 1 is 0.463 bits per heavy atom. The van der Waals surface area contributed by atoms with E-state index in [1.165, 1.54) is 106 Å². The van der Waals surface area contributed by atoms with Crippen LogP contribution in [-0.4, -0.2) is 0 Å². The largest absolute Gasteiger partial charge is 0.0842 e. The van der Waals surface area contributed by atoms with Crippen LogP contribution < -0.4 is 0 Å². The SMILES string of the molecule is C/C=C(\C=C/CC)c1ccc(C)c(-c2cc(C3=CC=C(C)C(c4cc(-c5ccccc5)ccc4C)C3)ccc2C)c1.CC.CC.Cc1ccc(C)c(-c2ccccc2C)c1.Cc1ccccc1. The molecule has 346 valence electrons. The normalized spacial score (nSPS) is 13.0. The molecule has 1 aliphatic carbocycles. The molecule has 0 heteroatoms. The van der Waals surface area contributed by atoms with Crippen molar-refractivity contribution in [1.82, 2.24) is 0 Å². The maximum absolute atomic E-state index is 2.42. The molecular weight excluding hydrogens is 805 g/mol. The summed E-state index contributed by atoms with van der Waals surface area (Å²) in [5.74, 6) is 0.371. The molecule has 0 bridgehead atoms. The molecule has 0 saturated carbocycles. The number of hydrogen-bond acceptors (Lipinski definition) is 0. The Morgan fingerprint density at radius 3 is 1.61 bits per heavy atom. The van der Waals surface area contributed by atoms with Crippen LogP contribution in [0.2, 0.25) is 0 Å². The van der Waals surface area contributed by atoms with Crippen molar-refractivity contribution in [2.24, 2.45) is 0 Å². The number of rotatable bonds is 8. The Hall–Kier alpha value is -6.50. The third-order valence-corrected chi connectivity index (χ3v) is 12.4. The monoisotopic (exact) mass is 883 g/mol. The van der Waals surface area contributed by atoms with E-state index in [1.807, 2.05) is 45.9 Å². The van der Waals surface area contributed by atoms with Crippen LogP contribution in [-0.2, 0) is 0 Å². The van der Waals surface area contributed by atoms with Gasteiger partial charge in [0, 0.05) is 5.92 Å². The van der Waals surface area contributed by atoms with Gasteiger partial charge >= 0.3 is 0 Å². The lowest BCUT2D eigenvalue weighted by molar-refractivity contribution is 0.803. The van der Waals surface area contributed by atoms with E-state index in [0.29, 0.717) is 5.92 Å².